The second-order valence-corrected chi connectivity index (χ2v) is 5.11. The van der Waals surface area contributed by atoms with Gasteiger partial charge in [0.1, 0.15) is 5.82 Å². The van der Waals surface area contributed by atoms with Gasteiger partial charge in [0, 0.05) is 26.2 Å². The van der Waals surface area contributed by atoms with Gasteiger partial charge in [0.2, 0.25) is 5.95 Å². The van der Waals surface area contributed by atoms with Crippen LogP contribution in [0.1, 0.15) is 25.7 Å². The molecule has 3 rings (SSSR count). The molecule has 0 aromatic carbocycles. The van der Waals surface area contributed by atoms with E-state index < -0.39 is 0 Å². The molecule has 0 aliphatic carbocycles. The number of H-pyrrole nitrogens is 1. The number of nitrogens with zero attached hydrogens (tertiary/aromatic N) is 4. The van der Waals surface area contributed by atoms with Crippen molar-refractivity contribution in [1.82, 2.24) is 20.2 Å². The van der Waals surface area contributed by atoms with Crippen LogP contribution in [-0.2, 0) is 0 Å². The summed E-state index contributed by atoms with van der Waals surface area (Å²) < 4.78 is 0. The molecule has 1 fully saturated rings. The summed E-state index contributed by atoms with van der Waals surface area (Å²) in [4.78, 5) is 11.3. The highest BCUT2D eigenvalue weighted by Gasteiger charge is 2.27. The SMILES string of the molecule is CNc1nc(N2CCCC2CCCO)c2cn[nH]c2n1. The molecular weight excluding hydrogens is 256 g/mol. The van der Waals surface area contributed by atoms with Gasteiger partial charge in [0.15, 0.2) is 5.65 Å². The minimum atomic E-state index is 0.247. The molecule has 3 heterocycles. The third-order valence-corrected chi connectivity index (χ3v) is 3.86. The lowest BCUT2D eigenvalue weighted by atomic mass is 10.1. The molecule has 0 bridgehead atoms. The van der Waals surface area contributed by atoms with E-state index in [-0.39, 0.29) is 6.61 Å². The van der Waals surface area contributed by atoms with Crippen molar-refractivity contribution in [3.05, 3.63) is 6.20 Å². The molecule has 1 saturated heterocycles. The molecule has 1 aliphatic rings. The Morgan fingerprint density at radius 3 is 3.20 bits per heavy atom. The zero-order valence-corrected chi connectivity index (χ0v) is 11.6. The maximum absolute atomic E-state index is 9.04. The van der Waals surface area contributed by atoms with Crippen LogP contribution in [0.25, 0.3) is 11.0 Å². The van der Waals surface area contributed by atoms with E-state index in [0.29, 0.717) is 12.0 Å². The molecular formula is C13H20N6O. The normalized spacial score (nSPS) is 18.9. The highest BCUT2D eigenvalue weighted by Crippen LogP contribution is 2.31. The number of aliphatic hydroxyl groups excluding tert-OH is 1. The Kier molecular flexibility index (Phi) is 3.68. The predicted molar refractivity (Wildman–Crippen MR) is 77.9 cm³/mol. The Bertz CT molecular complexity index is 583. The van der Waals surface area contributed by atoms with Crippen molar-refractivity contribution in [2.75, 3.05) is 30.4 Å². The third kappa shape index (κ3) is 2.29. The molecule has 0 spiro atoms. The molecule has 2 aromatic heterocycles. The van der Waals surface area contributed by atoms with E-state index in [2.05, 4.69) is 30.4 Å². The van der Waals surface area contributed by atoms with Gasteiger partial charge in [-0.15, -0.1) is 0 Å². The van der Waals surface area contributed by atoms with Crippen LogP contribution in [0.15, 0.2) is 6.20 Å². The van der Waals surface area contributed by atoms with Crippen molar-refractivity contribution in [2.24, 2.45) is 0 Å². The highest BCUT2D eigenvalue weighted by molar-refractivity contribution is 5.87. The molecule has 1 aliphatic heterocycles. The summed E-state index contributed by atoms with van der Waals surface area (Å²) in [5.74, 6) is 1.54. The summed E-state index contributed by atoms with van der Waals surface area (Å²) in [5.41, 5.74) is 0.757. The second kappa shape index (κ2) is 5.62. The van der Waals surface area contributed by atoms with Gasteiger partial charge in [-0.3, -0.25) is 5.10 Å². The Balaban J connectivity index is 1.97. The van der Waals surface area contributed by atoms with Crippen molar-refractivity contribution in [3.8, 4) is 0 Å². The van der Waals surface area contributed by atoms with Crippen molar-refractivity contribution in [2.45, 2.75) is 31.7 Å². The van der Waals surface area contributed by atoms with Crippen LogP contribution in [-0.4, -0.2) is 51.5 Å². The van der Waals surface area contributed by atoms with Gasteiger partial charge in [-0.1, -0.05) is 0 Å². The van der Waals surface area contributed by atoms with E-state index in [4.69, 9.17) is 5.11 Å². The van der Waals surface area contributed by atoms with Gasteiger partial charge < -0.3 is 15.3 Å². The minimum Gasteiger partial charge on any atom is -0.396 e. The van der Waals surface area contributed by atoms with Crippen LogP contribution in [0.2, 0.25) is 0 Å². The first-order chi connectivity index (χ1) is 9.83. The first kappa shape index (κ1) is 13.1. The summed E-state index contributed by atoms with van der Waals surface area (Å²) >= 11 is 0. The minimum absolute atomic E-state index is 0.247. The summed E-state index contributed by atoms with van der Waals surface area (Å²) in [6.45, 7) is 1.24. The van der Waals surface area contributed by atoms with E-state index in [9.17, 15) is 0 Å². The number of hydrogen-bond acceptors (Lipinski definition) is 6. The van der Waals surface area contributed by atoms with E-state index in [0.717, 1.165) is 49.1 Å². The topological polar surface area (TPSA) is 90.0 Å². The summed E-state index contributed by atoms with van der Waals surface area (Å²) in [6, 6.07) is 0.444. The van der Waals surface area contributed by atoms with Gasteiger partial charge in [0.25, 0.3) is 0 Å². The van der Waals surface area contributed by atoms with Crippen LogP contribution in [0, 0.1) is 0 Å². The smallest absolute Gasteiger partial charge is 0.226 e. The molecule has 7 heteroatoms. The number of rotatable bonds is 5. The lowest BCUT2D eigenvalue weighted by molar-refractivity contribution is 0.279. The number of aliphatic hydroxyl groups is 1. The summed E-state index contributed by atoms with van der Waals surface area (Å²) in [5, 5.41) is 20.0. The zero-order valence-electron chi connectivity index (χ0n) is 11.6. The molecule has 1 atom stereocenters. The predicted octanol–water partition coefficient (Wildman–Crippen LogP) is 1.14. The van der Waals surface area contributed by atoms with E-state index >= 15 is 0 Å². The lowest BCUT2D eigenvalue weighted by Gasteiger charge is -2.26. The largest absolute Gasteiger partial charge is 0.396 e. The van der Waals surface area contributed by atoms with Crippen molar-refractivity contribution < 1.29 is 5.11 Å². The van der Waals surface area contributed by atoms with Crippen LogP contribution < -0.4 is 10.2 Å². The molecule has 0 amide bonds. The van der Waals surface area contributed by atoms with Gasteiger partial charge in [0.05, 0.1) is 11.6 Å². The van der Waals surface area contributed by atoms with Gasteiger partial charge in [-0.05, 0) is 25.7 Å². The number of nitrogens with one attached hydrogen (secondary N) is 2. The first-order valence-electron chi connectivity index (χ1n) is 7.10. The number of anilines is 2. The van der Waals surface area contributed by atoms with Crippen LogP contribution in [0.3, 0.4) is 0 Å². The van der Waals surface area contributed by atoms with Gasteiger partial charge in [-0.2, -0.15) is 15.1 Å². The average Bonchev–Trinajstić information content (AvgIpc) is 3.12. The number of aromatic nitrogens is 4. The maximum atomic E-state index is 9.04. The highest BCUT2D eigenvalue weighted by atomic mass is 16.2. The Morgan fingerprint density at radius 1 is 1.50 bits per heavy atom. The first-order valence-corrected chi connectivity index (χ1v) is 7.10. The fraction of sp³-hybridized carbons (Fsp3) is 0.615. The van der Waals surface area contributed by atoms with Crippen molar-refractivity contribution in [3.63, 3.8) is 0 Å². The molecule has 20 heavy (non-hydrogen) atoms. The third-order valence-electron chi connectivity index (χ3n) is 3.86. The zero-order chi connectivity index (χ0) is 13.9. The second-order valence-electron chi connectivity index (χ2n) is 5.11. The molecule has 108 valence electrons. The molecule has 1 unspecified atom stereocenters. The molecule has 7 nitrogen and oxygen atoms in total. The molecule has 0 radical (unpaired) electrons. The Morgan fingerprint density at radius 2 is 2.40 bits per heavy atom. The van der Waals surface area contributed by atoms with Crippen LogP contribution in [0.4, 0.5) is 11.8 Å². The van der Waals surface area contributed by atoms with Crippen LogP contribution in [0.5, 0.6) is 0 Å². The average molecular weight is 276 g/mol. The summed E-state index contributed by atoms with van der Waals surface area (Å²) in [6.07, 6.45) is 5.92. The maximum Gasteiger partial charge on any atom is 0.226 e. The summed E-state index contributed by atoms with van der Waals surface area (Å²) in [7, 11) is 1.81. The van der Waals surface area contributed by atoms with Gasteiger partial charge in [-0.25, -0.2) is 0 Å². The Hall–Kier alpha value is -1.89. The Labute approximate surface area is 117 Å². The fourth-order valence-corrected chi connectivity index (χ4v) is 2.89. The quantitative estimate of drug-likeness (QED) is 0.758. The monoisotopic (exact) mass is 276 g/mol. The van der Waals surface area contributed by atoms with Crippen molar-refractivity contribution >= 4 is 22.8 Å². The molecule has 3 N–H and O–H groups in total. The fourth-order valence-electron chi connectivity index (χ4n) is 2.89. The van der Waals surface area contributed by atoms with E-state index in [1.54, 1.807) is 6.20 Å². The lowest BCUT2D eigenvalue weighted by Crippen LogP contribution is -2.30. The molecule has 2 aromatic rings. The van der Waals surface area contributed by atoms with E-state index in [1.165, 1.54) is 0 Å². The van der Waals surface area contributed by atoms with E-state index in [1.807, 2.05) is 7.05 Å². The number of fused-ring (bicyclic) bond motifs is 1. The van der Waals surface area contributed by atoms with Crippen LogP contribution >= 0.6 is 0 Å². The standard InChI is InChI=1S/C13H20N6O/c1-14-13-16-11-10(8-15-18-11)12(17-13)19-6-2-4-9(19)5-3-7-20/h8-9,20H,2-7H2,1H3,(H2,14,15,16,17,18). The number of hydrogen-bond donors (Lipinski definition) is 3. The molecule has 0 saturated carbocycles. The number of aromatic amines is 1. The van der Waals surface area contributed by atoms with Crippen molar-refractivity contribution in [1.29, 1.82) is 0 Å². The van der Waals surface area contributed by atoms with Gasteiger partial charge >= 0.3 is 0 Å².